The minimum absolute atomic E-state index is 0. The molecular weight excluding hydrogens is 308 g/mol. The van der Waals surface area contributed by atoms with Crippen molar-refractivity contribution in [2.75, 3.05) is 14.2 Å². The van der Waals surface area contributed by atoms with E-state index in [-0.39, 0.29) is 24.9 Å². The van der Waals surface area contributed by atoms with Gasteiger partial charge in [0.05, 0.1) is 26.3 Å². The van der Waals surface area contributed by atoms with Gasteiger partial charge in [-0.2, -0.15) is 0 Å². The van der Waals surface area contributed by atoms with Crippen LogP contribution in [0.3, 0.4) is 0 Å². The molecule has 7 heteroatoms. The molecule has 0 saturated carbocycles. The van der Waals surface area contributed by atoms with Gasteiger partial charge >= 0.3 is 0 Å². The largest absolute Gasteiger partial charge is 0.493 e. The van der Waals surface area contributed by atoms with E-state index < -0.39 is 0 Å². The molecule has 0 aliphatic rings. The summed E-state index contributed by atoms with van der Waals surface area (Å²) in [5.74, 6) is 1.63. The summed E-state index contributed by atoms with van der Waals surface area (Å²) in [4.78, 5) is 12.0. The van der Waals surface area contributed by atoms with Crippen LogP contribution in [0.5, 0.6) is 11.5 Å². The van der Waals surface area contributed by atoms with Crippen LogP contribution < -0.4 is 20.5 Å². The normalized spacial score (nSPS) is 9.77. The van der Waals surface area contributed by atoms with Crippen LogP contribution in [0.2, 0.25) is 0 Å². The van der Waals surface area contributed by atoms with Crippen molar-refractivity contribution < 1.29 is 18.7 Å². The number of methoxy groups -OCH3 is 2. The SMILES string of the molecule is COc1ccc(CNC(=O)c2coc(CN)c2)cc1OC.Cl. The van der Waals surface area contributed by atoms with E-state index in [4.69, 9.17) is 19.6 Å². The van der Waals surface area contributed by atoms with Crippen molar-refractivity contribution in [1.29, 1.82) is 0 Å². The van der Waals surface area contributed by atoms with Gasteiger partial charge in [0.15, 0.2) is 11.5 Å². The van der Waals surface area contributed by atoms with Gasteiger partial charge in [-0.05, 0) is 23.8 Å². The highest BCUT2D eigenvalue weighted by molar-refractivity contribution is 5.93. The molecule has 120 valence electrons. The Morgan fingerprint density at radius 3 is 2.55 bits per heavy atom. The van der Waals surface area contributed by atoms with E-state index in [0.717, 1.165) is 5.56 Å². The molecule has 0 radical (unpaired) electrons. The second-order valence-electron chi connectivity index (χ2n) is 4.38. The highest BCUT2D eigenvalue weighted by Gasteiger charge is 2.10. The number of carbonyl (C=O) groups excluding carboxylic acids is 1. The molecular formula is C15H19ClN2O4. The molecule has 0 fully saturated rings. The molecule has 1 aromatic heterocycles. The smallest absolute Gasteiger partial charge is 0.254 e. The number of hydrogen-bond acceptors (Lipinski definition) is 5. The Morgan fingerprint density at radius 2 is 1.95 bits per heavy atom. The molecule has 0 saturated heterocycles. The van der Waals surface area contributed by atoms with Crippen LogP contribution in [0.15, 0.2) is 34.9 Å². The van der Waals surface area contributed by atoms with E-state index in [1.807, 2.05) is 12.1 Å². The molecule has 0 spiro atoms. The molecule has 0 atom stereocenters. The minimum atomic E-state index is -0.215. The summed E-state index contributed by atoms with van der Waals surface area (Å²) >= 11 is 0. The molecule has 0 unspecified atom stereocenters. The monoisotopic (exact) mass is 326 g/mol. The van der Waals surface area contributed by atoms with Crippen LogP contribution in [0.4, 0.5) is 0 Å². The molecule has 3 N–H and O–H groups in total. The van der Waals surface area contributed by atoms with E-state index in [9.17, 15) is 4.79 Å². The molecule has 1 aromatic carbocycles. The zero-order chi connectivity index (χ0) is 15.2. The van der Waals surface area contributed by atoms with Crippen molar-refractivity contribution in [1.82, 2.24) is 5.32 Å². The fourth-order valence-electron chi connectivity index (χ4n) is 1.88. The summed E-state index contributed by atoms with van der Waals surface area (Å²) in [5, 5.41) is 2.81. The van der Waals surface area contributed by atoms with E-state index in [2.05, 4.69) is 5.32 Å². The third-order valence-electron chi connectivity index (χ3n) is 3.02. The summed E-state index contributed by atoms with van der Waals surface area (Å²) < 4.78 is 15.5. The number of hydrogen-bond donors (Lipinski definition) is 2. The van der Waals surface area contributed by atoms with Gasteiger partial charge in [0.2, 0.25) is 0 Å². The first-order valence-electron chi connectivity index (χ1n) is 6.44. The van der Waals surface area contributed by atoms with E-state index in [1.54, 1.807) is 26.4 Å². The summed E-state index contributed by atoms with van der Waals surface area (Å²) in [6.07, 6.45) is 1.39. The van der Waals surface area contributed by atoms with Crippen molar-refractivity contribution in [2.24, 2.45) is 5.73 Å². The Hall–Kier alpha value is -2.18. The van der Waals surface area contributed by atoms with Crippen molar-refractivity contribution in [3.8, 4) is 11.5 Å². The average Bonchev–Trinajstić information content (AvgIpc) is 3.01. The molecule has 1 heterocycles. The number of nitrogens with two attached hydrogens (primary N) is 1. The lowest BCUT2D eigenvalue weighted by Crippen LogP contribution is -2.22. The van der Waals surface area contributed by atoms with Crippen LogP contribution in [-0.4, -0.2) is 20.1 Å². The maximum absolute atomic E-state index is 12.0. The standard InChI is InChI=1S/C15H18N2O4.ClH/c1-19-13-4-3-10(5-14(13)20-2)8-17-15(18)11-6-12(7-16)21-9-11;/h3-6,9H,7-8,16H2,1-2H3,(H,17,18);1H. The second kappa shape index (κ2) is 8.31. The first-order chi connectivity index (χ1) is 10.2. The predicted molar refractivity (Wildman–Crippen MR) is 84.6 cm³/mol. The molecule has 2 aromatic rings. The first-order valence-corrected chi connectivity index (χ1v) is 6.44. The summed E-state index contributed by atoms with van der Waals surface area (Å²) in [7, 11) is 3.15. The van der Waals surface area contributed by atoms with Crippen molar-refractivity contribution >= 4 is 18.3 Å². The first kappa shape index (κ1) is 17.9. The average molecular weight is 327 g/mol. The minimum Gasteiger partial charge on any atom is -0.493 e. The topological polar surface area (TPSA) is 86.7 Å². The second-order valence-corrected chi connectivity index (χ2v) is 4.38. The lowest BCUT2D eigenvalue weighted by Gasteiger charge is -2.10. The molecule has 2 rings (SSSR count). The van der Waals surface area contributed by atoms with Gasteiger partial charge < -0.3 is 24.9 Å². The lowest BCUT2D eigenvalue weighted by atomic mass is 10.2. The highest BCUT2D eigenvalue weighted by atomic mass is 35.5. The number of carbonyl (C=O) groups is 1. The predicted octanol–water partition coefficient (Wildman–Crippen LogP) is 2.11. The van der Waals surface area contributed by atoms with Gasteiger partial charge in [-0.15, -0.1) is 12.4 Å². The number of benzene rings is 1. The van der Waals surface area contributed by atoms with Crippen LogP contribution in [0, 0.1) is 0 Å². The van der Waals surface area contributed by atoms with Gasteiger partial charge in [-0.25, -0.2) is 0 Å². The Morgan fingerprint density at radius 1 is 1.23 bits per heavy atom. The van der Waals surface area contributed by atoms with Gasteiger partial charge in [-0.1, -0.05) is 6.07 Å². The third kappa shape index (κ3) is 4.16. The molecule has 0 aliphatic carbocycles. The number of furan rings is 1. The van der Waals surface area contributed by atoms with Gasteiger partial charge in [0, 0.05) is 6.54 Å². The molecule has 6 nitrogen and oxygen atoms in total. The number of nitrogens with one attached hydrogen (secondary N) is 1. The Kier molecular flexibility index (Phi) is 6.75. The van der Waals surface area contributed by atoms with E-state index >= 15 is 0 Å². The van der Waals surface area contributed by atoms with Crippen LogP contribution >= 0.6 is 12.4 Å². The van der Waals surface area contributed by atoms with E-state index in [1.165, 1.54) is 6.26 Å². The van der Waals surface area contributed by atoms with Crippen molar-refractivity contribution in [3.05, 3.63) is 47.4 Å². The molecule has 0 bridgehead atoms. The van der Waals surface area contributed by atoms with Gasteiger partial charge in [0.1, 0.15) is 12.0 Å². The Labute approximate surface area is 135 Å². The molecule has 0 aliphatic heterocycles. The van der Waals surface area contributed by atoms with Crippen LogP contribution in [0.1, 0.15) is 21.7 Å². The summed E-state index contributed by atoms with van der Waals surface area (Å²) in [6.45, 7) is 0.644. The maximum atomic E-state index is 12.0. The third-order valence-corrected chi connectivity index (χ3v) is 3.02. The quantitative estimate of drug-likeness (QED) is 0.849. The number of ether oxygens (including phenoxy) is 2. The number of rotatable bonds is 6. The van der Waals surface area contributed by atoms with Crippen LogP contribution in [-0.2, 0) is 13.1 Å². The van der Waals surface area contributed by atoms with E-state index in [0.29, 0.717) is 29.4 Å². The van der Waals surface area contributed by atoms with Crippen molar-refractivity contribution in [3.63, 3.8) is 0 Å². The molecule has 22 heavy (non-hydrogen) atoms. The number of amides is 1. The van der Waals surface area contributed by atoms with Gasteiger partial charge in [0.25, 0.3) is 5.91 Å². The fourth-order valence-corrected chi connectivity index (χ4v) is 1.88. The lowest BCUT2D eigenvalue weighted by molar-refractivity contribution is 0.0950. The highest BCUT2D eigenvalue weighted by Crippen LogP contribution is 2.27. The van der Waals surface area contributed by atoms with Crippen molar-refractivity contribution in [2.45, 2.75) is 13.1 Å². The van der Waals surface area contributed by atoms with Crippen LogP contribution in [0.25, 0.3) is 0 Å². The fraction of sp³-hybridized carbons (Fsp3) is 0.267. The Balaban J connectivity index is 0.00000242. The summed E-state index contributed by atoms with van der Waals surface area (Å²) in [6, 6.07) is 7.11. The Bertz CT molecular complexity index is 628. The summed E-state index contributed by atoms with van der Waals surface area (Å²) in [5.41, 5.74) is 6.80. The number of halogens is 1. The van der Waals surface area contributed by atoms with Gasteiger partial charge in [-0.3, -0.25) is 4.79 Å². The zero-order valence-electron chi connectivity index (χ0n) is 12.4. The zero-order valence-corrected chi connectivity index (χ0v) is 13.2. The molecule has 1 amide bonds. The maximum Gasteiger partial charge on any atom is 0.254 e.